The summed E-state index contributed by atoms with van der Waals surface area (Å²) in [6, 6.07) is 8.79. The predicted molar refractivity (Wildman–Crippen MR) is 110 cm³/mol. The van der Waals surface area contributed by atoms with Crippen molar-refractivity contribution in [1.29, 1.82) is 0 Å². The number of rotatable bonds is 3. The summed E-state index contributed by atoms with van der Waals surface area (Å²) in [5.74, 6) is 0.796. The van der Waals surface area contributed by atoms with Crippen molar-refractivity contribution in [1.82, 2.24) is 14.5 Å². The fraction of sp³-hybridized carbons (Fsp3) is 0.381. The molecule has 158 valence electrons. The van der Waals surface area contributed by atoms with E-state index in [0.717, 1.165) is 25.5 Å². The van der Waals surface area contributed by atoms with Gasteiger partial charge in [-0.2, -0.15) is 23.1 Å². The lowest BCUT2D eigenvalue weighted by Crippen LogP contribution is -2.32. The fourth-order valence-electron chi connectivity index (χ4n) is 3.67. The van der Waals surface area contributed by atoms with Crippen molar-refractivity contribution >= 4 is 17.3 Å². The molecule has 0 bridgehead atoms. The van der Waals surface area contributed by atoms with E-state index in [1.807, 2.05) is 4.90 Å². The van der Waals surface area contributed by atoms with Gasteiger partial charge in [0.1, 0.15) is 10.7 Å². The van der Waals surface area contributed by atoms with E-state index in [1.54, 1.807) is 6.92 Å². The Labute approximate surface area is 175 Å². The molecule has 1 aromatic carbocycles. The molecule has 0 radical (unpaired) electrons. The molecule has 2 aromatic heterocycles. The zero-order valence-corrected chi connectivity index (χ0v) is 17.5. The minimum Gasteiger partial charge on any atom is -0.336 e. The third kappa shape index (κ3) is 4.26. The first-order valence-corrected chi connectivity index (χ1v) is 10.5. The van der Waals surface area contributed by atoms with Crippen molar-refractivity contribution in [2.24, 2.45) is 0 Å². The summed E-state index contributed by atoms with van der Waals surface area (Å²) in [6.07, 6.45) is -2.49. The van der Waals surface area contributed by atoms with Crippen LogP contribution in [0, 0.1) is 13.8 Å². The summed E-state index contributed by atoms with van der Waals surface area (Å²) in [5.41, 5.74) is 3.22. The van der Waals surface area contributed by atoms with Crippen LogP contribution < -0.4 is 10.6 Å². The van der Waals surface area contributed by atoms with Crippen molar-refractivity contribution in [3.63, 3.8) is 0 Å². The van der Waals surface area contributed by atoms with Crippen LogP contribution in [-0.4, -0.2) is 21.1 Å². The van der Waals surface area contributed by atoms with Crippen LogP contribution in [-0.2, 0) is 25.7 Å². The molecule has 0 fully saturated rings. The van der Waals surface area contributed by atoms with Gasteiger partial charge in [-0.05, 0) is 49.9 Å². The molecule has 0 saturated heterocycles. The highest BCUT2D eigenvalue weighted by molar-refractivity contribution is 7.12. The van der Waals surface area contributed by atoms with Gasteiger partial charge in [-0.25, -0.2) is 4.79 Å². The Balaban J connectivity index is 1.59. The quantitative estimate of drug-likeness (QED) is 0.616. The number of fused-ring (bicyclic) bond motifs is 1. The first kappa shape index (κ1) is 20.6. The Kier molecular flexibility index (Phi) is 5.40. The van der Waals surface area contributed by atoms with Gasteiger partial charge in [0.15, 0.2) is 0 Å². The highest BCUT2D eigenvalue weighted by Crippen LogP contribution is 2.34. The molecule has 0 amide bonds. The van der Waals surface area contributed by atoms with Crippen LogP contribution in [0.15, 0.2) is 35.1 Å². The summed E-state index contributed by atoms with van der Waals surface area (Å²) in [7, 11) is 0. The molecule has 30 heavy (non-hydrogen) atoms. The molecule has 0 unspecified atom stereocenters. The van der Waals surface area contributed by atoms with Crippen LogP contribution in [0.5, 0.6) is 0 Å². The molecule has 3 heterocycles. The van der Waals surface area contributed by atoms with Crippen molar-refractivity contribution in [2.75, 3.05) is 11.4 Å². The normalized spacial score (nSPS) is 14.5. The summed E-state index contributed by atoms with van der Waals surface area (Å²) in [5, 5.41) is 0. The maximum Gasteiger partial charge on any atom is 0.425 e. The van der Waals surface area contributed by atoms with Crippen LogP contribution >= 0.6 is 11.3 Å². The second-order valence-corrected chi connectivity index (χ2v) is 8.67. The molecule has 3 aromatic rings. The van der Waals surface area contributed by atoms with Gasteiger partial charge in [-0.15, -0.1) is 11.3 Å². The Bertz CT molecular complexity index is 1140. The van der Waals surface area contributed by atoms with E-state index in [-0.39, 0.29) is 6.54 Å². The standard InChI is InChI=1S/C21H21F3N4OS/c1-13-5-6-16-11-27(9-3-4-15(16)10-13)19-25-14(2)28(20(29)26-19)12-17-7-8-18(30-17)21(22,23)24/h5-8,10H,3-4,9,11-12H2,1-2H3. The molecule has 9 heteroatoms. The SMILES string of the molecule is Cc1ccc2c(c1)CCCN(c1nc(C)n(Cc3ccc(C(F)(F)F)s3)c(=O)n1)C2. The Morgan fingerprint density at radius 3 is 2.60 bits per heavy atom. The fourth-order valence-corrected chi connectivity index (χ4v) is 4.53. The minimum absolute atomic E-state index is 0.0216. The van der Waals surface area contributed by atoms with Gasteiger partial charge in [-0.3, -0.25) is 4.57 Å². The predicted octanol–water partition coefficient (Wildman–Crippen LogP) is 4.34. The molecule has 0 atom stereocenters. The second kappa shape index (κ2) is 7.86. The molecular weight excluding hydrogens is 413 g/mol. The number of thiophene rings is 1. The van der Waals surface area contributed by atoms with Gasteiger partial charge in [-0.1, -0.05) is 23.8 Å². The number of hydrogen-bond acceptors (Lipinski definition) is 5. The van der Waals surface area contributed by atoms with Crippen molar-refractivity contribution in [3.8, 4) is 0 Å². The van der Waals surface area contributed by atoms with Crippen molar-refractivity contribution < 1.29 is 13.2 Å². The molecule has 1 aliphatic heterocycles. The number of aromatic nitrogens is 3. The number of alkyl halides is 3. The van der Waals surface area contributed by atoms with Crippen LogP contribution in [0.1, 0.15) is 38.7 Å². The van der Waals surface area contributed by atoms with E-state index >= 15 is 0 Å². The van der Waals surface area contributed by atoms with Crippen LogP contribution in [0.2, 0.25) is 0 Å². The minimum atomic E-state index is -4.38. The maximum atomic E-state index is 12.8. The summed E-state index contributed by atoms with van der Waals surface area (Å²) >= 11 is 0.630. The van der Waals surface area contributed by atoms with Crippen molar-refractivity contribution in [2.45, 2.75) is 46.0 Å². The lowest BCUT2D eigenvalue weighted by molar-refractivity contribution is -0.134. The third-order valence-electron chi connectivity index (χ3n) is 5.21. The van der Waals surface area contributed by atoms with Crippen LogP contribution in [0.25, 0.3) is 0 Å². The number of halogens is 3. The van der Waals surface area contributed by atoms with E-state index in [4.69, 9.17) is 0 Å². The van der Waals surface area contributed by atoms with Gasteiger partial charge in [0, 0.05) is 18.0 Å². The zero-order chi connectivity index (χ0) is 21.5. The van der Waals surface area contributed by atoms with Crippen molar-refractivity contribution in [3.05, 3.63) is 73.1 Å². The van der Waals surface area contributed by atoms with Gasteiger partial charge in [0.05, 0.1) is 6.54 Å². The van der Waals surface area contributed by atoms with Gasteiger partial charge >= 0.3 is 11.9 Å². The van der Waals surface area contributed by atoms with Gasteiger partial charge in [0.2, 0.25) is 5.95 Å². The zero-order valence-electron chi connectivity index (χ0n) is 16.7. The lowest BCUT2D eigenvalue weighted by atomic mass is 10.0. The summed E-state index contributed by atoms with van der Waals surface area (Å²) in [6.45, 7) is 5.13. The van der Waals surface area contributed by atoms with Crippen LogP contribution in [0.4, 0.5) is 19.1 Å². The molecule has 0 aliphatic carbocycles. The number of nitrogens with zero attached hydrogens (tertiary/aromatic N) is 4. The van der Waals surface area contributed by atoms with E-state index in [0.29, 0.717) is 34.5 Å². The molecule has 0 N–H and O–H groups in total. The number of benzene rings is 1. The highest BCUT2D eigenvalue weighted by atomic mass is 32.1. The Morgan fingerprint density at radius 2 is 1.90 bits per heavy atom. The van der Waals surface area contributed by atoms with Crippen LogP contribution in [0.3, 0.4) is 0 Å². The third-order valence-corrected chi connectivity index (χ3v) is 6.33. The van der Waals surface area contributed by atoms with E-state index in [9.17, 15) is 18.0 Å². The molecular formula is C21H21F3N4OS. The first-order valence-electron chi connectivity index (χ1n) is 9.65. The number of aryl methyl sites for hydroxylation is 3. The lowest BCUT2D eigenvalue weighted by Gasteiger charge is -2.21. The second-order valence-electron chi connectivity index (χ2n) is 7.50. The topological polar surface area (TPSA) is 51.0 Å². The molecule has 0 spiro atoms. The molecule has 4 rings (SSSR count). The summed E-state index contributed by atoms with van der Waals surface area (Å²) < 4.78 is 39.8. The van der Waals surface area contributed by atoms with Gasteiger partial charge in [0.25, 0.3) is 0 Å². The molecule has 1 aliphatic rings. The smallest absolute Gasteiger partial charge is 0.336 e. The Morgan fingerprint density at radius 1 is 1.10 bits per heavy atom. The highest BCUT2D eigenvalue weighted by Gasteiger charge is 2.32. The van der Waals surface area contributed by atoms with E-state index < -0.39 is 16.7 Å². The average molecular weight is 434 g/mol. The first-order chi connectivity index (χ1) is 14.2. The average Bonchev–Trinajstić information content (AvgIpc) is 3.05. The molecule has 5 nitrogen and oxygen atoms in total. The monoisotopic (exact) mass is 434 g/mol. The maximum absolute atomic E-state index is 12.8. The summed E-state index contributed by atoms with van der Waals surface area (Å²) in [4.78, 5) is 23.0. The number of anilines is 1. The van der Waals surface area contributed by atoms with E-state index in [2.05, 4.69) is 35.1 Å². The largest absolute Gasteiger partial charge is 0.425 e. The van der Waals surface area contributed by atoms with E-state index in [1.165, 1.54) is 27.3 Å². The Hall–Kier alpha value is -2.68. The molecule has 0 saturated carbocycles. The van der Waals surface area contributed by atoms with Gasteiger partial charge < -0.3 is 4.90 Å². The number of hydrogen-bond donors (Lipinski definition) is 0.